The van der Waals surface area contributed by atoms with E-state index >= 15 is 0 Å². The Morgan fingerprint density at radius 3 is 2.86 bits per heavy atom. The first-order valence-electron chi connectivity index (χ1n) is 7.65. The Morgan fingerprint density at radius 2 is 2.00 bits per heavy atom. The minimum atomic E-state index is 0.584. The fourth-order valence-electron chi connectivity index (χ4n) is 3.13. The van der Waals surface area contributed by atoms with Crippen LogP contribution in [0, 0.1) is 0 Å². The summed E-state index contributed by atoms with van der Waals surface area (Å²) in [5.74, 6) is 1.08. The van der Waals surface area contributed by atoms with Crippen LogP contribution in [0.5, 0.6) is 0 Å². The summed E-state index contributed by atoms with van der Waals surface area (Å²) >= 11 is 0. The number of hydrogen-bond donors (Lipinski definition) is 2. The maximum atomic E-state index is 4.54. The van der Waals surface area contributed by atoms with E-state index in [1.165, 1.54) is 29.2 Å². The second kappa shape index (κ2) is 5.34. The summed E-state index contributed by atoms with van der Waals surface area (Å²) in [6.45, 7) is 1.14. The zero-order chi connectivity index (χ0) is 14.1. The maximum Gasteiger partial charge on any atom is 0.108 e. The second-order valence-electron chi connectivity index (χ2n) is 5.80. The first-order chi connectivity index (χ1) is 10.4. The van der Waals surface area contributed by atoms with Crippen LogP contribution in [0.15, 0.2) is 48.7 Å². The third kappa shape index (κ3) is 2.57. The van der Waals surface area contributed by atoms with Gasteiger partial charge in [0.25, 0.3) is 0 Å². The van der Waals surface area contributed by atoms with Gasteiger partial charge in [0.15, 0.2) is 0 Å². The van der Waals surface area contributed by atoms with Crippen LogP contribution in [-0.4, -0.2) is 22.6 Å². The molecule has 3 aromatic rings. The lowest BCUT2D eigenvalue weighted by Gasteiger charge is -2.07. The first kappa shape index (κ1) is 12.6. The SMILES string of the molecule is c1ccc2cc(-c3cnc(CC4CCCN4)[nH]3)ccc2c1. The van der Waals surface area contributed by atoms with Gasteiger partial charge in [0.05, 0.1) is 11.9 Å². The Hall–Kier alpha value is -2.13. The van der Waals surface area contributed by atoms with Gasteiger partial charge in [-0.15, -0.1) is 0 Å². The highest BCUT2D eigenvalue weighted by molar-refractivity contribution is 5.86. The van der Waals surface area contributed by atoms with Crippen LogP contribution >= 0.6 is 0 Å². The van der Waals surface area contributed by atoms with Crippen molar-refractivity contribution in [3.8, 4) is 11.3 Å². The molecule has 1 unspecified atom stereocenters. The number of H-pyrrole nitrogens is 1. The van der Waals surface area contributed by atoms with E-state index in [2.05, 4.69) is 57.7 Å². The Kier molecular flexibility index (Phi) is 3.20. The molecule has 3 heteroatoms. The summed E-state index contributed by atoms with van der Waals surface area (Å²) in [6.07, 6.45) is 5.48. The lowest BCUT2D eigenvalue weighted by molar-refractivity contribution is 0.589. The average molecular weight is 277 g/mol. The Morgan fingerprint density at radius 1 is 1.10 bits per heavy atom. The second-order valence-corrected chi connectivity index (χ2v) is 5.80. The number of benzene rings is 2. The number of aromatic nitrogens is 2. The molecule has 2 heterocycles. The van der Waals surface area contributed by atoms with Crippen molar-refractivity contribution in [1.29, 1.82) is 0 Å². The largest absolute Gasteiger partial charge is 0.342 e. The van der Waals surface area contributed by atoms with Crippen molar-refractivity contribution >= 4 is 10.8 Å². The molecular weight excluding hydrogens is 258 g/mol. The van der Waals surface area contributed by atoms with E-state index in [0.717, 1.165) is 24.5 Å². The predicted octanol–water partition coefficient (Wildman–Crippen LogP) is 3.52. The van der Waals surface area contributed by atoms with Crippen molar-refractivity contribution in [2.24, 2.45) is 0 Å². The normalized spacial score (nSPS) is 18.4. The molecule has 0 radical (unpaired) electrons. The molecule has 1 atom stereocenters. The van der Waals surface area contributed by atoms with E-state index in [-0.39, 0.29) is 0 Å². The zero-order valence-corrected chi connectivity index (χ0v) is 12.0. The molecule has 1 aliphatic rings. The quantitative estimate of drug-likeness (QED) is 0.769. The number of rotatable bonds is 3. The predicted molar refractivity (Wildman–Crippen MR) is 86.3 cm³/mol. The van der Waals surface area contributed by atoms with Crippen molar-refractivity contribution in [3.63, 3.8) is 0 Å². The molecule has 0 spiro atoms. The Bertz CT molecular complexity index is 754. The van der Waals surface area contributed by atoms with E-state index in [0.29, 0.717) is 6.04 Å². The topological polar surface area (TPSA) is 40.7 Å². The van der Waals surface area contributed by atoms with Crippen LogP contribution in [0.3, 0.4) is 0 Å². The summed E-state index contributed by atoms with van der Waals surface area (Å²) in [4.78, 5) is 8.01. The van der Waals surface area contributed by atoms with Crippen molar-refractivity contribution in [3.05, 3.63) is 54.5 Å². The smallest absolute Gasteiger partial charge is 0.108 e. The van der Waals surface area contributed by atoms with Crippen molar-refractivity contribution < 1.29 is 0 Å². The van der Waals surface area contributed by atoms with Crippen LogP contribution in [0.25, 0.3) is 22.0 Å². The molecule has 3 nitrogen and oxygen atoms in total. The Balaban J connectivity index is 1.61. The van der Waals surface area contributed by atoms with Crippen LogP contribution in [0.2, 0.25) is 0 Å². The van der Waals surface area contributed by atoms with Crippen LogP contribution in [0.1, 0.15) is 18.7 Å². The summed E-state index contributed by atoms with van der Waals surface area (Å²) in [5, 5.41) is 6.06. The van der Waals surface area contributed by atoms with E-state index in [9.17, 15) is 0 Å². The summed E-state index contributed by atoms with van der Waals surface area (Å²) in [6, 6.07) is 15.6. The summed E-state index contributed by atoms with van der Waals surface area (Å²) in [5.41, 5.74) is 2.31. The molecule has 2 aromatic carbocycles. The third-order valence-corrected chi connectivity index (χ3v) is 4.29. The monoisotopic (exact) mass is 277 g/mol. The summed E-state index contributed by atoms with van der Waals surface area (Å²) < 4.78 is 0. The number of hydrogen-bond acceptors (Lipinski definition) is 2. The molecular formula is C18H19N3. The lowest BCUT2D eigenvalue weighted by atomic mass is 10.1. The molecule has 0 aliphatic carbocycles. The zero-order valence-electron chi connectivity index (χ0n) is 12.0. The third-order valence-electron chi connectivity index (χ3n) is 4.29. The van der Waals surface area contributed by atoms with Crippen molar-refractivity contribution in [2.45, 2.75) is 25.3 Å². The molecule has 1 saturated heterocycles. The van der Waals surface area contributed by atoms with Crippen molar-refractivity contribution in [1.82, 2.24) is 15.3 Å². The van der Waals surface area contributed by atoms with E-state index in [1.807, 2.05) is 6.20 Å². The molecule has 1 aliphatic heterocycles. The molecule has 2 N–H and O–H groups in total. The number of aromatic amines is 1. The van der Waals surface area contributed by atoms with Gasteiger partial charge < -0.3 is 10.3 Å². The van der Waals surface area contributed by atoms with Crippen molar-refractivity contribution in [2.75, 3.05) is 6.54 Å². The molecule has 0 bridgehead atoms. The molecule has 21 heavy (non-hydrogen) atoms. The average Bonchev–Trinajstić information content (AvgIpc) is 3.19. The molecule has 106 valence electrons. The number of imidazole rings is 1. The molecule has 0 amide bonds. The van der Waals surface area contributed by atoms with Gasteiger partial charge in [0, 0.05) is 18.0 Å². The standard InChI is InChI=1S/C18H19N3/c1-2-5-14-10-15(8-7-13(14)4-1)17-12-20-18(21-17)11-16-6-3-9-19-16/h1-2,4-5,7-8,10,12,16,19H,3,6,9,11H2,(H,20,21). The van der Waals surface area contributed by atoms with Gasteiger partial charge in [-0.25, -0.2) is 4.98 Å². The molecule has 0 saturated carbocycles. The minimum Gasteiger partial charge on any atom is -0.342 e. The van der Waals surface area contributed by atoms with Gasteiger partial charge in [0.2, 0.25) is 0 Å². The highest BCUT2D eigenvalue weighted by atomic mass is 15.0. The fourth-order valence-corrected chi connectivity index (χ4v) is 3.13. The summed E-state index contributed by atoms with van der Waals surface area (Å²) in [7, 11) is 0. The lowest BCUT2D eigenvalue weighted by Crippen LogP contribution is -2.24. The highest BCUT2D eigenvalue weighted by Crippen LogP contribution is 2.23. The maximum absolute atomic E-state index is 4.54. The van der Waals surface area contributed by atoms with E-state index in [4.69, 9.17) is 0 Å². The fraction of sp³-hybridized carbons (Fsp3) is 0.278. The number of nitrogens with zero attached hydrogens (tertiary/aromatic N) is 1. The molecule has 1 aromatic heterocycles. The minimum absolute atomic E-state index is 0.584. The highest BCUT2D eigenvalue weighted by Gasteiger charge is 2.16. The number of fused-ring (bicyclic) bond motifs is 1. The van der Waals surface area contributed by atoms with Crippen LogP contribution in [0.4, 0.5) is 0 Å². The Labute approximate surface area is 124 Å². The van der Waals surface area contributed by atoms with Gasteiger partial charge in [-0.1, -0.05) is 36.4 Å². The molecule has 1 fully saturated rings. The van der Waals surface area contributed by atoms with E-state index in [1.54, 1.807) is 0 Å². The van der Waals surface area contributed by atoms with Gasteiger partial charge in [-0.3, -0.25) is 0 Å². The van der Waals surface area contributed by atoms with Crippen LogP contribution < -0.4 is 5.32 Å². The van der Waals surface area contributed by atoms with Gasteiger partial charge in [-0.05, 0) is 36.2 Å². The van der Waals surface area contributed by atoms with Gasteiger partial charge in [0.1, 0.15) is 5.82 Å². The van der Waals surface area contributed by atoms with Crippen LogP contribution in [-0.2, 0) is 6.42 Å². The number of nitrogens with one attached hydrogen (secondary N) is 2. The molecule has 4 rings (SSSR count). The van der Waals surface area contributed by atoms with Gasteiger partial charge >= 0.3 is 0 Å². The first-order valence-corrected chi connectivity index (χ1v) is 7.65. The van der Waals surface area contributed by atoms with E-state index < -0.39 is 0 Å². The van der Waals surface area contributed by atoms with Gasteiger partial charge in [-0.2, -0.15) is 0 Å².